The molecule has 0 aliphatic rings. The zero-order valence-electron chi connectivity index (χ0n) is 15.0. The molecule has 0 radical (unpaired) electrons. The normalized spacial score (nSPS) is 10.8. The molecule has 154 valence electrons. The number of benzene rings is 2. The third-order valence-corrected chi connectivity index (χ3v) is 5.35. The van der Waals surface area contributed by atoms with Crippen molar-refractivity contribution in [2.45, 2.75) is 11.3 Å². The number of sulfonamides is 1. The molecule has 2 aromatic carbocycles. The van der Waals surface area contributed by atoms with Gasteiger partial charge in [0.15, 0.2) is 0 Å². The molecule has 10 nitrogen and oxygen atoms in total. The van der Waals surface area contributed by atoms with Crippen LogP contribution in [0.4, 0.5) is 11.4 Å². The van der Waals surface area contributed by atoms with E-state index in [2.05, 4.69) is 14.8 Å². The molecule has 0 fully saturated rings. The fourth-order valence-electron chi connectivity index (χ4n) is 2.20. The highest BCUT2D eigenvalue weighted by atomic mass is 35.5. The highest BCUT2D eigenvalue weighted by Crippen LogP contribution is 2.28. The fraction of sp³-hybridized carbons (Fsp3) is 0.176. The van der Waals surface area contributed by atoms with Gasteiger partial charge in [0.25, 0.3) is 15.7 Å². The van der Waals surface area contributed by atoms with Crippen LogP contribution in [0.2, 0.25) is 5.02 Å². The van der Waals surface area contributed by atoms with Crippen LogP contribution < -0.4 is 10.0 Å². The number of halogens is 1. The second-order valence-electron chi connectivity index (χ2n) is 5.70. The van der Waals surface area contributed by atoms with Gasteiger partial charge in [0.2, 0.25) is 5.91 Å². The van der Waals surface area contributed by atoms with E-state index in [1.807, 2.05) is 0 Å². The van der Waals surface area contributed by atoms with Gasteiger partial charge in [-0.1, -0.05) is 23.7 Å². The van der Waals surface area contributed by atoms with Gasteiger partial charge >= 0.3 is 5.97 Å². The minimum absolute atomic E-state index is 0.0204. The van der Waals surface area contributed by atoms with Crippen LogP contribution in [-0.4, -0.2) is 38.9 Å². The van der Waals surface area contributed by atoms with Gasteiger partial charge in [-0.3, -0.25) is 24.4 Å². The molecule has 0 aliphatic carbocycles. The Bertz CT molecular complexity index is 1040. The van der Waals surface area contributed by atoms with Gasteiger partial charge in [-0.2, -0.15) is 0 Å². The molecule has 0 atom stereocenters. The van der Waals surface area contributed by atoms with Gasteiger partial charge in [-0.15, -0.1) is 0 Å². The van der Waals surface area contributed by atoms with Gasteiger partial charge in [0.05, 0.1) is 23.3 Å². The molecule has 0 aliphatic heterocycles. The molecule has 0 spiro atoms. The Labute approximate surface area is 171 Å². The van der Waals surface area contributed by atoms with E-state index in [4.69, 9.17) is 11.6 Å². The van der Waals surface area contributed by atoms with E-state index in [9.17, 15) is 28.1 Å². The van der Waals surface area contributed by atoms with E-state index in [0.717, 1.165) is 18.2 Å². The summed E-state index contributed by atoms with van der Waals surface area (Å²) in [7, 11) is -2.88. The minimum atomic E-state index is -4.09. The summed E-state index contributed by atoms with van der Waals surface area (Å²) in [6, 6.07) is 9.07. The molecule has 2 N–H and O–H groups in total. The van der Waals surface area contributed by atoms with Crippen molar-refractivity contribution in [1.29, 1.82) is 0 Å². The van der Waals surface area contributed by atoms with Gasteiger partial charge in [-0.25, -0.2) is 8.42 Å². The van der Waals surface area contributed by atoms with E-state index in [-0.39, 0.29) is 28.6 Å². The summed E-state index contributed by atoms with van der Waals surface area (Å²) >= 11 is 5.69. The average Bonchev–Trinajstić information content (AvgIpc) is 2.67. The average molecular weight is 442 g/mol. The molecular formula is C17H16ClN3O7S. The molecule has 2 aromatic rings. The number of nitro groups is 1. The van der Waals surface area contributed by atoms with Crippen molar-refractivity contribution in [3.05, 3.63) is 63.2 Å². The van der Waals surface area contributed by atoms with E-state index in [1.165, 1.54) is 31.4 Å². The Morgan fingerprint density at radius 3 is 2.41 bits per heavy atom. The Balaban J connectivity index is 2.07. The SMILES string of the molecule is COC(=O)CNC(=O)Cc1ccc(NS(=O)(=O)c2ccc(Cl)c([N+](=O)[O-])c2)cc1. The predicted octanol–water partition coefficient (Wildman–Crippen LogP) is 1.88. The number of anilines is 1. The van der Waals surface area contributed by atoms with Crippen LogP contribution in [0.5, 0.6) is 0 Å². The molecule has 1 amide bonds. The number of ether oxygens (including phenoxy) is 1. The lowest BCUT2D eigenvalue weighted by Crippen LogP contribution is -2.31. The zero-order valence-corrected chi connectivity index (χ0v) is 16.6. The van der Waals surface area contributed by atoms with Crippen molar-refractivity contribution < 1.29 is 27.7 Å². The lowest BCUT2D eigenvalue weighted by Gasteiger charge is -2.09. The highest BCUT2D eigenvalue weighted by molar-refractivity contribution is 7.92. The maximum absolute atomic E-state index is 12.4. The Kier molecular flexibility index (Phi) is 7.13. The second kappa shape index (κ2) is 9.34. The molecule has 0 saturated carbocycles. The van der Waals surface area contributed by atoms with Crippen LogP contribution in [0.3, 0.4) is 0 Å². The summed E-state index contributed by atoms with van der Waals surface area (Å²) in [4.78, 5) is 32.6. The third kappa shape index (κ3) is 6.16. The lowest BCUT2D eigenvalue weighted by atomic mass is 10.1. The van der Waals surface area contributed by atoms with E-state index >= 15 is 0 Å². The first-order chi connectivity index (χ1) is 13.6. The Morgan fingerprint density at radius 2 is 1.83 bits per heavy atom. The number of nitrogens with one attached hydrogen (secondary N) is 2. The maximum Gasteiger partial charge on any atom is 0.325 e. The summed E-state index contributed by atoms with van der Waals surface area (Å²) in [5, 5.41) is 13.1. The van der Waals surface area contributed by atoms with Crippen LogP contribution in [0.15, 0.2) is 47.4 Å². The topological polar surface area (TPSA) is 145 Å². The number of amides is 1. The van der Waals surface area contributed by atoms with Crippen LogP contribution in [0.1, 0.15) is 5.56 Å². The number of hydrogen-bond acceptors (Lipinski definition) is 7. The smallest absolute Gasteiger partial charge is 0.325 e. The molecule has 0 bridgehead atoms. The number of methoxy groups -OCH3 is 1. The monoisotopic (exact) mass is 441 g/mol. The molecule has 0 aromatic heterocycles. The Morgan fingerprint density at radius 1 is 1.17 bits per heavy atom. The van der Waals surface area contributed by atoms with E-state index < -0.39 is 32.5 Å². The molecule has 0 saturated heterocycles. The van der Waals surface area contributed by atoms with Gasteiger partial charge < -0.3 is 10.1 Å². The summed E-state index contributed by atoms with van der Waals surface area (Å²) in [5.74, 6) is -0.984. The number of nitrogens with zero attached hydrogens (tertiary/aromatic N) is 1. The molecule has 12 heteroatoms. The maximum atomic E-state index is 12.4. The second-order valence-corrected chi connectivity index (χ2v) is 7.79. The van der Waals surface area contributed by atoms with E-state index in [1.54, 1.807) is 0 Å². The number of hydrogen-bond donors (Lipinski definition) is 2. The first kappa shape index (κ1) is 22.1. The summed E-state index contributed by atoms with van der Waals surface area (Å²) in [6.45, 7) is -0.250. The van der Waals surface area contributed by atoms with Gasteiger partial charge in [0.1, 0.15) is 11.6 Å². The summed E-state index contributed by atoms with van der Waals surface area (Å²) < 4.78 is 31.6. The van der Waals surface area contributed by atoms with Crippen molar-refractivity contribution in [1.82, 2.24) is 5.32 Å². The van der Waals surface area contributed by atoms with Gasteiger partial charge in [-0.05, 0) is 29.8 Å². The summed E-state index contributed by atoms with van der Waals surface area (Å²) in [6.07, 6.45) is -0.0204. The van der Waals surface area contributed by atoms with E-state index in [0.29, 0.717) is 5.56 Å². The van der Waals surface area contributed by atoms with Crippen LogP contribution >= 0.6 is 11.6 Å². The number of carbonyl (C=O) groups excluding carboxylic acids is 2. The van der Waals surface area contributed by atoms with Crippen molar-refractivity contribution in [2.24, 2.45) is 0 Å². The quantitative estimate of drug-likeness (QED) is 0.361. The number of nitro benzene ring substituents is 1. The first-order valence-electron chi connectivity index (χ1n) is 8.01. The van der Waals surface area contributed by atoms with Crippen LogP contribution in [0, 0.1) is 10.1 Å². The first-order valence-corrected chi connectivity index (χ1v) is 9.87. The predicted molar refractivity (Wildman–Crippen MR) is 104 cm³/mol. The highest BCUT2D eigenvalue weighted by Gasteiger charge is 2.20. The zero-order chi connectivity index (χ0) is 21.6. The third-order valence-electron chi connectivity index (χ3n) is 3.65. The molecule has 29 heavy (non-hydrogen) atoms. The van der Waals surface area contributed by atoms with Crippen LogP contribution in [-0.2, 0) is 30.8 Å². The number of carbonyl (C=O) groups is 2. The number of rotatable bonds is 8. The van der Waals surface area contributed by atoms with Crippen molar-refractivity contribution >= 4 is 44.9 Å². The largest absolute Gasteiger partial charge is 0.468 e. The molecule has 0 heterocycles. The minimum Gasteiger partial charge on any atom is -0.468 e. The molecule has 2 rings (SSSR count). The van der Waals surface area contributed by atoms with Gasteiger partial charge in [0, 0.05) is 11.8 Å². The fourth-order valence-corrected chi connectivity index (χ4v) is 3.46. The van der Waals surface area contributed by atoms with Crippen LogP contribution in [0.25, 0.3) is 0 Å². The lowest BCUT2D eigenvalue weighted by molar-refractivity contribution is -0.384. The standard InChI is InChI=1S/C17H16ClN3O7S/c1-28-17(23)10-19-16(22)8-11-2-4-12(5-3-11)20-29(26,27)13-6-7-14(18)15(9-13)21(24)25/h2-7,9,20H,8,10H2,1H3,(H,19,22). The molecular weight excluding hydrogens is 426 g/mol. The summed E-state index contributed by atoms with van der Waals surface area (Å²) in [5.41, 5.74) is 0.252. The molecule has 0 unspecified atom stereocenters. The van der Waals surface area contributed by atoms with Crippen molar-refractivity contribution in [2.75, 3.05) is 18.4 Å². The van der Waals surface area contributed by atoms with Crippen molar-refractivity contribution in [3.8, 4) is 0 Å². The Hall–Kier alpha value is -3.18. The van der Waals surface area contributed by atoms with Crippen molar-refractivity contribution in [3.63, 3.8) is 0 Å². The number of esters is 1.